The van der Waals surface area contributed by atoms with E-state index in [2.05, 4.69) is 19.6 Å². The Morgan fingerprint density at radius 3 is 2.54 bits per heavy atom. The van der Waals surface area contributed by atoms with Gasteiger partial charge in [0.05, 0.1) is 13.2 Å². The van der Waals surface area contributed by atoms with Gasteiger partial charge < -0.3 is 10.5 Å². The van der Waals surface area contributed by atoms with Gasteiger partial charge in [0.2, 0.25) is 0 Å². The molecule has 2 heteroatoms. The van der Waals surface area contributed by atoms with Crippen molar-refractivity contribution in [3.63, 3.8) is 0 Å². The smallest absolute Gasteiger partial charge is 0.0762 e. The van der Waals surface area contributed by atoms with Gasteiger partial charge >= 0.3 is 0 Å². The average molecular weight is 188 g/mol. The fourth-order valence-electron chi connectivity index (χ4n) is 1.35. The van der Waals surface area contributed by atoms with Crippen LogP contribution in [0.15, 0.2) is 0 Å². The van der Waals surface area contributed by atoms with Gasteiger partial charge in [-0.1, -0.05) is 33.1 Å². The first kappa shape index (κ1) is 12.9. The molecule has 0 radical (unpaired) electrons. The summed E-state index contributed by atoms with van der Waals surface area (Å²) in [5.74, 6) is 0.782. The normalized spacial score (nSPS) is 13.2. The van der Waals surface area contributed by atoms with Crippen LogP contribution in [0.3, 0.4) is 0 Å². The minimum atomic E-state index is 0.782. The third-order valence-electron chi connectivity index (χ3n) is 2.44. The molecule has 0 fully saturated rings. The molecule has 0 aliphatic rings. The van der Waals surface area contributed by atoms with E-state index in [0.717, 1.165) is 32.1 Å². The number of quaternary nitrogens is 1. The van der Waals surface area contributed by atoms with E-state index in [1.807, 2.05) is 0 Å². The van der Waals surface area contributed by atoms with Crippen molar-refractivity contribution in [1.29, 1.82) is 0 Å². The maximum absolute atomic E-state index is 5.58. The molecule has 0 aromatic carbocycles. The van der Waals surface area contributed by atoms with Gasteiger partial charge in [-0.05, 0) is 12.3 Å². The number of hydrogen-bond donors (Lipinski definition) is 1. The first-order valence-electron chi connectivity index (χ1n) is 5.72. The third-order valence-corrected chi connectivity index (χ3v) is 2.44. The van der Waals surface area contributed by atoms with E-state index in [1.54, 1.807) is 0 Å². The second-order valence-electron chi connectivity index (χ2n) is 3.70. The fourth-order valence-corrected chi connectivity index (χ4v) is 1.35. The van der Waals surface area contributed by atoms with Crippen molar-refractivity contribution in [3.05, 3.63) is 0 Å². The number of hydrogen-bond acceptors (Lipinski definition) is 1. The molecule has 1 unspecified atom stereocenters. The van der Waals surface area contributed by atoms with Gasteiger partial charge in [0.15, 0.2) is 0 Å². The lowest BCUT2D eigenvalue weighted by atomic mass is 10.0. The summed E-state index contributed by atoms with van der Waals surface area (Å²) in [6.07, 6.45) is 6.33. The van der Waals surface area contributed by atoms with E-state index in [-0.39, 0.29) is 0 Å². The summed E-state index contributed by atoms with van der Waals surface area (Å²) < 4.78 is 5.58. The Morgan fingerprint density at radius 2 is 2.00 bits per heavy atom. The summed E-state index contributed by atoms with van der Waals surface area (Å²) in [5.41, 5.74) is 3.79. The number of ether oxygens (including phenoxy) is 1. The van der Waals surface area contributed by atoms with E-state index in [0.29, 0.717) is 0 Å². The fraction of sp³-hybridized carbons (Fsp3) is 1.00. The van der Waals surface area contributed by atoms with Crippen LogP contribution in [0.2, 0.25) is 0 Å². The molecule has 0 saturated heterocycles. The predicted octanol–water partition coefficient (Wildman–Crippen LogP) is 1.85. The molecule has 0 saturated carbocycles. The lowest BCUT2D eigenvalue weighted by Crippen LogP contribution is -2.50. The van der Waals surface area contributed by atoms with Gasteiger partial charge in [-0.15, -0.1) is 0 Å². The Kier molecular flexibility index (Phi) is 9.94. The molecule has 0 spiro atoms. The van der Waals surface area contributed by atoms with Crippen molar-refractivity contribution in [2.75, 3.05) is 19.8 Å². The number of rotatable bonds is 9. The molecule has 2 nitrogen and oxygen atoms in total. The van der Waals surface area contributed by atoms with Crippen LogP contribution in [0.5, 0.6) is 0 Å². The van der Waals surface area contributed by atoms with Crippen LogP contribution in [0.1, 0.15) is 46.0 Å². The Balaban J connectivity index is 3.25. The zero-order valence-electron chi connectivity index (χ0n) is 9.35. The van der Waals surface area contributed by atoms with Crippen molar-refractivity contribution < 1.29 is 10.5 Å². The van der Waals surface area contributed by atoms with E-state index in [1.165, 1.54) is 25.7 Å². The molecule has 13 heavy (non-hydrogen) atoms. The summed E-state index contributed by atoms with van der Waals surface area (Å²) in [6, 6.07) is 0. The van der Waals surface area contributed by atoms with Gasteiger partial charge in [0.1, 0.15) is 0 Å². The molecule has 0 bridgehead atoms. The van der Waals surface area contributed by atoms with Crippen LogP contribution in [0.4, 0.5) is 0 Å². The Bertz CT molecular complexity index is 96.1. The lowest BCUT2D eigenvalue weighted by molar-refractivity contribution is -0.369. The van der Waals surface area contributed by atoms with Crippen molar-refractivity contribution in [2.45, 2.75) is 46.0 Å². The zero-order chi connectivity index (χ0) is 9.94. The topological polar surface area (TPSA) is 36.9 Å². The molecule has 1 atom stereocenters. The summed E-state index contributed by atoms with van der Waals surface area (Å²) in [6.45, 7) is 7.34. The van der Waals surface area contributed by atoms with Crippen LogP contribution in [-0.2, 0) is 4.74 Å². The van der Waals surface area contributed by atoms with Gasteiger partial charge in [-0.3, -0.25) is 0 Å². The highest BCUT2D eigenvalue weighted by atomic mass is 16.5. The standard InChI is InChI=1S/C11H25NO/c1-3-5-7-11(4-2)10-13-9-6-8-12/h11H,3-10,12H2,1-2H3/p+1. The third kappa shape index (κ3) is 8.26. The average Bonchev–Trinajstić information content (AvgIpc) is 2.17. The van der Waals surface area contributed by atoms with E-state index >= 15 is 0 Å². The molecule has 0 heterocycles. The van der Waals surface area contributed by atoms with Gasteiger partial charge in [-0.25, -0.2) is 0 Å². The van der Waals surface area contributed by atoms with E-state index in [9.17, 15) is 0 Å². The highest BCUT2D eigenvalue weighted by Crippen LogP contribution is 2.12. The molecule has 0 aromatic rings. The van der Waals surface area contributed by atoms with E-state index in [4.69, 9.17) is 4.74 Å². The monoisotopic (exact) mass is 188 g/mol. The van der Waals surface area contributed by atoms with Crippen molar-refractivity contribution >= 4 is 0 Å². The molecule has 80 valence electrons. The minimum absolute atomic E-state index is 0.782. The van der Waals surface area contributed by atoms with Crippen LogP contribution in [0, 0.1) is 5.92 Å². The number of unbranched alkanes of at least 4 members (excludes halogenated alkanes) is 1. The highest BCUT2D eigenvalue weighted by molar-refractivity contribution is 4.55. The molecular weight excluding hydrogens is 162 g/mol. The summed E-state index contributed by atoms with van der Waals surface area (Å²) in [7, 11) is 0. The largest absolute Gasteiger partial charge is 0.381 e. The quantitative estimate of drug-likeness (QED) is 0.551. The molecule has 3 N–H and O–H groups in total. The van der Waals surface area contributed by atoms with Crippen LogP contribution < -0.4 is 5.73 Å². The van der Waals surface area contributed by atoms with Crippen molar-refractivity contribution in [3.8, 4) is 0 Å². The first-order valence-corrected chi connectivity index (χ1v) is 5.72. The first-order chi connectivity index (χ1) is 6.35. The minimum Gasteiger partial charge on any atom is -0.381 e. The van der Waals surface area contributed by atoms with Crippen LogP contribution in [-0.4, -0.2) is 19.8 Å². The Labute approximate surface area is 82.8 Å². The maximum Gasteiger partial charge on any atom is 0.0762 e. The zero-order valence-corrected chi connectivity index (χ0v) is 9.35. The lowest BCUT2D eigenvalue weighted by Gasteiger charge is -2.13. The second kappa shape index (κ2) is 10.0. The highest BCUT2D eigenvalue weighted by Gasteiger charge is 2.05. The Morgan fingerprint density at radius 1 is 1.23 bits per heavy atom. The molecule has 0 amide bonds. The summed E-state index contributed by atoms with van der Waals surface area (Å²) >= 11 is 0. The van der Waals surface area contributed by atoms with Gasteiger partial charge in [0, 0.05) is 13.0 Å². The van der Waals surface area contributed by atoms with Crippen molar-refractivity contribution in [1.82, 2.24) is 0 Å². The SMILES string of the molecule is CCCCC(CC)COCCC[NH3+]. The summed E-state index contributed by atoms with van der Waals surface area (Å²) in [5, 5.41) is 0. The second-order valence-corrected chi connectivity index (χ2v) is 3.70. The molecular formula is C11H26NO+. The van der Waals surface area contributed by atoms with Crippen molar-refractivity contribution in [2.24, 2.45) is 5.92 Å². The van der Waals surface area contributed by atoms with Gasteiger partial charge in [0.25, 0.3) is 0 Å². The molecule has 0 aliphatic heterocycles. The molecule has 0 rings (SSSR count). The van der Waals surface area contributed by atoms with Gasteiger partial charge in [-0.2, -0.15) is 0 Å². The van der Waals surface area contributed by atoms with E-state index < -0.39 is 0 Å². The Hall–Kier alpha value is -0.0800. The summed E-state index contributed by atoms with van der Waals surface area (Å²) in [4.78, 5) is 0. The maximum atomic E-state index is 5.58. The molecule has 0 aliphatic carbocycles. The van der Waals surface area contributed by atoms with Crippen LogP contribution in [0.25, 0.3) is 0 Å². The van der Waals surface area contributed by atoms with Crippen LogP contribution >= 0.6 is 0 Å². The predicted molar refractivity (Wildman–Crippen MR) is 56.5 cm³/mol. The molecule has 0 aromatic heterocycles.